The Morgan fingerprint density at radius 3 is 2.39 bits per heavy atom. The summed E-state index contributed by atoms with van der Waals surface area (Å²) in [5.41, 5.74) is 16.1. The zero-order valence-electron chi connectivity index (χ0n) is 16.8. The molecule has 1 aromatic heterocycles. The van der Waals surface area contributed by atoms with E-state index in [0.29, 0.717) is 11.1 Å². The molecule has 13 heteroatoms. The summed E-state index contributed by atoms with van der Waals surface area (Å²) in [7, 11) is -8.97. The van der Waals surface area contributed by atoms with Crippen LogP contribution >= 0.6 is 0 Å². The molecule has 1 aromatic carbocycles. The Hall–Kier alpha value is -3.16. The van der Waals surface area contributed by atoms with Crippen molar-refractivity contribution in [3.05, 3.63) is 53.2 Å². The highest BCUT2D eigenvalue weighted by atomic mass is 33.2. The molecule has 1 heterocycles. The van der Waals surface area contributed by atoms with Crippen molar-refractivity contribution in [1.29, 1.82) is 5.41 Å². The first-order valence-electron chi connectivity index (χ1n) is 9.00. The zero-order valence-corrected chi connectivity index (χ0v) is 18.4. The maximum atomic E-state index is 12.4. The number of nitrogens with zero attached hydrogens (tertiary/aromatic N) is 1. The number of pyridine rings is 1. The van der Waals surface area contributed by atoms with Gasteiger partial charge in [0.1, 0.15) is 5.82 Å². The molecule has 0 bridgehead atoms. The highest BCUT2D eigenvalue weighted by Gasteiger charge is 2.31. The lowest BCUT2D eigenvalue weighted by Crippen LogP contribution is -2.25. The van der Waals surface area contributed by atoms with Crippen LogP contribution in [0.1, 0.15) is 11.1 Å². The predicted molar refractivity (Wildman–Crippen MR) is 122 cm³/mol. The largest absolute Gasteiger partial charge is 0.395 e. The molecule has 168 valence electrons. The number of nitrogen functional groups attached to an aromatic ring is 3. The van der Waals surface area contributed by atoms with Crippen LogP contribution in [0, 0.1) is 12.3 Å². The number of anilines is 3. The minimum Gasteiger partial charge on any atom is -0.395 e. The Labute approximate surface area is 180 Å². The molecule has 0 atom stereocenters. The normalized spacial score (nSPS) is 12.4. The highest BCUT2D eigenvalue weighted by molar-refractivity contribution is 8.67. The third-order valence-corrected chi connectivity index (χ3v) is 9.61. The van der Waals surface area contributed by atoms with E-state index in [1.165, 1.54) is 36.5 Å². The maximum absolute atomic E-state index is 12.4. The molecule has 0 saturated carbocycles. The smallest absolute Gasteiger partial charge is 0.282 e. The Morgan fingerprint density at radius 2 is 1.81 bits per heavy atom. The average Bonchev–Trinajstić information content (AvgIpc) is 2.72. The Bertz CT molecular complexity index is 1190. The van der Waals surface area contributed by atoms with Gasteiger partial charge in [0.05, 0.1) is 16.3 Å². The molecule has 0 fully saturated rings. The first kappa shape index (κ1) is 24.1. The van der Waals surface area contributed by atoms with Crippen LogP contribution in [0.5, 0.6) is 0 Å². The number of allylic oxidation sites excluding steroid dienone is 1. The van der Waals surface area contributed by atoms with Crippen LogP contribution in [0.15, 0.2) is 47.0 Å². The minimum absolute atomic E-state index is 0.172. The third kappa shape index (κ3) is 5.71. The fraction of sp³-hybridized carbons (Fsp3) is 0.222. The van der Waals surface area contributed by atoms with Gasteiger partial charge in [0.2, 0.25) is 0 Å². The van der Waals surface area contributed by atoms with E-state index in [2.05, 4.69) is 15.7 Å². The number of aromatic nitrogens is 1. The van der Waals surface area contributed by atoms with Crippen LogP contribution in [0.3, 0.4) is 0 Å². The standard InChI is InChI=1S/C18H25N7O4S2/c1-12-2-4-15(5-3-12)31(28,29)30(26,27)7-6-23-11-13(10-19)8-14-9-16(20)24-18(25-22)17(14)21/h2-5,9-11,19,23H,6-8,21-22H2,1H3,(H3,20,24,25)/b13-11-,19-10?. The summed E-state index contributed by atoms with van der Waals surface area (Å²) < 4.78 is 49.5. The molecule has 31 heavy (non-hydrogen) atoms. The van der Waals surface area contributed by atoms with Gasteiger partial charge >= 0.3 is 0 Å². The van der Waals surface area contributed by atoms with E-state index in [9.17, 15) is 16.8 Å². The Morgan fingerprint density at radius 1 is 1.16 bits per heavy atom. The van der Waals surface area contributed by atoms with Crippen LogP contribution in [0.4, 0.5) is 17.3 Å². The summed E-state index contributed by atoms with van der Waals surface area (Å²) in [5, 5.41) is 10.3. The van der Waals surface area contributed by atoms with Crippen molar-refractivity contribution in [2.45, 2.75) is 18.2 Å². The van der Waals surface area contributed by atoms with E-state index in [1.807, 2.05) is 0 Å². The average molecular weight is 468 g/mol. The van der Waals surface area contributed by atoms with Crippen molar-refractivity contribution in [2.75, 3.05) is 29.2 Å². The molecule has 0 amide bonds. The lowest BCUT2D eigenvalue weighted by molar-refractivity contribution is 0.581. The van der Waals surface area contributed by atoms with Crippen LogP contribution in [0.25, 0.3) is 0 Å². The Kier molecular flexibility index (Phi) is 7.60. The molecule has 2 rings (SSSR count). The maximum Gasteiger partial charge on any atom is 0.282 e. The van der Waals surface area contributed by atoms with Gasteiger partial charge in [-0.1, -0.05) is 17.7 Å². The van der Waals surface area contributed by atoms with Crippen molar-refractivity contribution < 1.29 is 16.8 Å². The minimum atomic E-state index is -4.52. The van der Waals surface area contributed by atoms with Crippen molar-refractivity contribution in [2.24, 2.45) is 5.84 Å². The molecule has 11 nitrogen and oxygen atoms in total. The number of rotatable bonds is 10. The molecule has 9 N–H and O–H groups in total. The third-order valence-electron chi connectivity index (χ3n) is 4.31. The van der Waals surface area contributed by atoms with E-state index in [1.54, 1.807) is 6.92 Å². The lowest BCUT2D eigenvalue weighted by Gasteiger charge is -2.12. The molecule has 0 aliphatic rings. The van der Waals surface area contributed by atoms with E-state index in [-0.39, 0.29) is 35.2 Å². The molecule has 0 spiro atoms. The summed E-state index contributed by atoms with van der Waals surface area (Å²) >= 11 is 0. The van der Waals surface area contributed by atoms with Gasteiger partial charge in [0.15, 0.2) is 5.82 Å². The predicted octanol–water partition coefficient (Wildman–Crippen LogP) is 0.309. The van der Waals surface area contributed by atoms with Gasteiger partial charge in [-0.25, -0.2) is 27.7 Å². The van der Waals surface area contributed by atoms with Gasteiger partial charge in [0, 0.05) is 25.4 Å². The van der Waals surface area contributed by atoms with Gasteiger partial charge in [-0.3, -0.25) is 0 Å². The van der Waals surface area contributed by atoms with Crippen molar-refractivity contribution >= 4 is 41.3 Å². The second-order valence-electron chi connectivity index (χ2n) is 6.64. The van der Waals surface area contributed by atoms with E-state index < -0.39 is 23.5 Å². The molecular formula is C18H25N7O4S2. The molecular weight excluding hydrogens is 442 g/mol. The van der Waals surface area contributed by atoms with Crippen molar-refractivity contribution in [1.82, 2.24) is 10.3 Å². The fourth-order valence-electron chi connectivity index (χ4n) is 2.60. The number of hydrogen-bond donors (Lipinski definition) is 6. The summed E-state index contributed by atoms with van der Waals surface area (Å²) in [6.07, 6.45) is 2.65. The lowest BCUT2D eigenvalue weighted by atomic mass is 10.1. The van der Waals surface area contributed by atoms with Crippen LogP contribution in [-0.2, 0) is 24.2 Å². The van der Waals surface area contributed by atoms with Gasteiger partial charge in [-0.05, 0) is 36.3 Å². The SMILES string of the molecule is Cc1ccc(S(=O)(=O)S(=O)(=O)CCN/C=C(\C=N)Cc2cc(N)nc(NN)c2N)cc1. The molecule has 2 aromatic rings. The topological polar surface area (TPSA) is 207 Å². The number of hydrogen-bond acceptors (Lipinski definition) is 11. The first-order chi connectivity index (χ1) is 14.5. The number of aryl methyl sites for hydroxylation is 1. The zero-order chi connectivity index (χ0) is 23.2. The van der Waals surface area contributed by atoms with Crippen molar-refractivity contribution in [3.63, 3.8) is 0 Å². The van der Waals surface area contributed by atoms with E-state index >= 15 is 0 Å². The molecule has 0 unspecified atom stereocenters. The first-order valence-corrected chi connectivity index (χ1v) is 12.7. The van der Waals surface area contributed by atoms with Gasteiger partial charge < -0.3 is 27.6 Å². The number of nitrogens with two attached hydrogens (primary N) is 3. The quantitative estimate of drug-likeness (QED) is 0.0926. The number of nitrogens with one attached hydrogen (secondary N) is 3. The molecule has 0 radical (unpaired) electrons. The van der Waals surface area contributed by atoms with E-state index in [4.69, 9.17) is 22.7 Å². The van der Waals surface area contributed by atoms with Gasteiger partial charge in [-0.2, -0.15) is 0 Å². The molecule has 0 saturated heterocycles. The highest BCUT2D eigenvalue weighted by Crippen LogP contribution is 2.24. The fourth-order valence-corrected chi connectivity index (χ4v) is 6.07. The number of hydrazine groups is 1. The molecule has 0 aliphatic heterocycles. The van der Waals surface area contributed by atoms with Gasteiger partial charge in [-0.15, -0.1) is 0 Å². The Balaban J connectivity index is 2.08. The van der Waals surface area contributed by atoms with Crippen molar-refractivity contribution in [3.8, 4) is 0 Å². The van der Waals surface area contributed by atoms with Crippen LogP contribution in [0.2, 0.25) is 0 Å². The summed E-state index contributed by atoms with van der Waals surface area (Å²) in [6, 6.07) is 7.12. The summed E-state index contributed by atoms with van der Waals surface area (Å²) in [5.74, 6) is 5.08. The second kappa shape index (κ2) is 9.76. The van der Waals surface area contributed by atoms with Gasteiger partial charge in [0.25, 0.3) is 17.7 Å². The molecule has 0 aliphatic carbocycles. The van der Waals surface area contributed by atoms with Crippen LogP contribution < -0.4 is 28.1 Å². The van der Waals surface area contributed by atoms with E-state index in [0.717, 1.165) is 11.8 Å². The second-order valence-corrected chi connectivity index (χ2v) is 12.4. The van der Waals surface area contributed by atoms with Crippen LogP contribution in [-0.4, -0.2) is 40.3 Å². The summed E-state index contributed by atoms with van der Waals surface area (Å²) in [4.78, 5) is 3.67. The number of benzene rings is 1. The summed E-state index contributed by atoms with van der Waals surface area (Å²) in [6.45, 7) is 1.59. The monoisotopic (exact) mass is 467 g/mol.